The lowest BCUT2D eigenvalue weighted by molar-refractivity contribution is 0.102. The van der Waals surface area contributed by atoms with Gasteiger partial charge in [0.2, 0.25) is 0 Å². The summed E-state index contributed by atoms with van der Waals surface area (Å²) in [6, 6.07) is 3.07. The van der Waals surface area contributed by atoms with Gasteiger partial charge in [-0.2, -0.15) is 5.10 Å². The molecule has 0 aliphatic carbocycles. The number of amides is 1. The predicted octanol–water partition coefficient (Wildman–Crippen LogP) is 1.14. The van der Waals surface area contributed by atoms with E-state index < -0.39 is 17.5 Å². The van der Waals surface area contributed by atoms with Gasteiger partial charge in [-0.3, -0.25) is 9.89 Å². The number of hydrogen-bond acceptors (Lipinski definition) is 4. The molecule has 0 saturated heterocycles. The number of benzene rings is 1. The molecule has 0 bridgehead atoms. The van der Waals surface area contributed by atoms with Gasteiger partial charge in [0, 0.05) is 6.07 Å². The number of thiocarbonyl (C=S) groups is 1. The second kappa shape index (κ2) is 5.02. The molecule has 0 unspecified atom stereocenters. The zero-order chi connectivity index (χ0) is 14.0. The first-order valence-corrected chi connectivity index (χ1v) is 5.53. The Morgan fingerprint density at radius 2 is 2.21 bits per heavy atom. The summed E-state index contributed by atoms with van der Waals surface area (Å²) >= 11 is 4.78. The lowest BCUT2D eigenvalue weighted by Gasteiger charge is -2.06. The van der Waals surface area contributed by atoms with Crippen molar-refractivity contribution in [3.63, 3.8) is 0 Å². The number of hydrogen-bond donors (Lipinski definition) is 4. The van der Waals surface area contributed by atoms with E-state index >= 15 is 0 Å². The van der Waals surface area contributed by atoms with Crippen molar-refractivity contribution in [2.24, 2.45) is 5.73 Å². The van der Waals surface area contributed by atoms with E-state index in [1.807, 2.05) is 0 Å². The van der Waals surface area contributed by atoms with Gasteiger partial charge >= 0.3 is 0 Å². The molecule has 0 spiro atoms. The fourth-order valence-corrected chi connectivity index (χ4v) is 1.60. The normalized spacial score (nSPS) is 10.2. The van der Waals surface area contributed by atoms with Crippen LogP contribution in [0.1, 0.15) is 15.9 Å². The van der Waals surface area contributed by atoms with Crippen LogP contribution >= 0.6 is 12.2 Å². The number of phenolic OH excluding ortho intramolecular Hbond substituents is 1. The van der Waals surface area contributed by atoms with Crippen LogP contribution in [0, 0.1) is 5.82 Å². The minimum absolute atomic E-state index is 0.0624. The Balaban J connectivity index is 2.26. The molecular weight excluding hydrogens is 271 g/mol. The topological polar surface area (TPSA) is 104 Å². The second-order valence-corrected chi connectivity index (χ2v) is 4.08. The minimum Gasteiger partial charge on any atom is -0.507 e. The number of phenols is 1. The number of rotatable bonds is 3. The Bertz CT molecular complexity index is 656. The molecule has 6 nitrogen and oxygen atoms in total. The molecule has 8 heteroatoms. The van der Waals surface area contributed by atoms with Gasteiger partial charge in [-0.05, 0) is 12.1 Å². The summed E-state index contributed by atoms with van der Waals surface area (Å²) in [6.07, 6.45) is 1.36. The molecule has 2 aromatic rings. The van der Waals surface area contributed by atoms with Gasteiger partial charge < -0.3 is 16.2 Å². The number of aromatic hydroxyl groups is 1. The summed E-state index contributed by atoms with van der Waals surface area (Å²) in [5.74, 6) is -1.53. The van der Waals surface area contributed by atoms with Gasteiger partial charge in [0.1, 0.15) is 22.4 Å². The first-order valence-electron chi connectivity index (χ1n) is 5.12. The number of aromatic nitrogens is 2. The standard InChI is InChI=1S/C11H9FN4O2S/c12-5-1-2-6(8(17)3-5)11(18)15-10-7(9(13)19)4-14-16-10/h1-4,17H,(H2,13,19)(H2,14,15,16,18). The maximum atomic E-state index is 12.8. The maximum Gasteiger partial charge on any atom is 0.260 e. The Morgan fingerprint density at radius 3 is 2.84 bits per heavy atom. The van der Waals surface area contributed by atoms with E-state index in [9.17, 15) is 14.3 Å². The molecule has 0 aliphatic heterocycles. The summed E-state index contributed by atoms with van der Waals surface area (Å²) < 4.78 is 12.8. The fourth-order valence-electron chi connectivity index (χ4n) is 1.45. The molecule has 1 heterocycles. The summed E-state index contributed by atoms with van der Waals surface area (Å²) in [4.78, 5) is 12.0. The first-order chi connectivity index (χ1) is 8.99. The Morgan fingerprint density at radius 1 is 1.47 bits per heavy atom. The Hall–Kier alpha value is -2.48. The van der Waals surface area contributed by atoms with Crippen molar-refractivity contribution in [1.29, 1.82) is 0 Å². The maximum absolute atomic E-state index is 12.8. The number of anilines is 1. The van der Waals surface area contributed by atoms with Crippen LogP contribution in [0.15, 0.2) is 24.4 Å². The van der Waals surface area contributed by atoms with Gasteiger partial charge in [0.25, 0.3) is 5.91 Å². The van der Waals surface area contributed by atoms with Crippen molar-refractivity contribution in [3.05, 3.63) is 41.3 Å². The number of carbonyl (C=O) groups is 1. The summed E-state index contributed by atoms with van der Waals surface area (Å²) in [6.45, 7) is 0. The molecular formula is C11H9FN4O2S. The third-order valence-electron chi connectivity index (χ3n) is 2.35. The number of nitrogens with two attached hydrogens (primary N) is 1. The molecule has 5 N–H and O–H groups in total. The molecule has 98 valence electrons. The molecule has 0 saturated carbocycles. The molecule has 1 aromatic carbocycles. The monoisotopic (exact) mass is 280 g/mol. The van der Waals surface area contributed by atoms with Crippen molar-refractivity contribution >= 4 is 28.9 Å². The van der Waals surface area contributed by atoms with Gasteiger partial charge in [-0.15, -0.1) is 0 Å². The quantitative estimate of drug-likeness (QED) is 0.631. The lowest BCUT2D eigenvalue weighted by Crippen LogP contribution is -2.17. The third-order valence-corrected chi connectivity index (χ3v) is 2.57. The minimum atomic E-state index is -0.640. The van der Waals surface area contributed by atoms with E-state index in [4.69, 9.17) is 18.0 Å². The average Bonchev–Trinajstić information content (AvgIpc) is 2.76. The number of aromatic amines is 1. The van der Waals surface area contributed by atoms with E-state index in [2.05, 4.69) is 15.5 Å². The van der Waals surface area contributed by atoms with E-state index in [0.29, 0.717) is 5.56 Å². The first kappa shape index (κ1) is 13.0. The summed E-state index contributed by atoms with van der Waals surface area (Å²) in [7, 11) is 0. The molecule has 2 rings (SSSR count). The number of nitrogens with one attached hydrogen (secondary N) is 2. The number of nitrogens with zero attached hydrogens (tertiary/aromatic N) is 1. The van der Waals surface area contributed by atoms with E-state index in [-0.39, 0.29) is 16.4 Å². The second-order valence-electron chi connectivity index (χ2n) is 3.64. The van der Waals surface area contributed by atoms with Crippen LogP contribution in [0.4, 0.5) is 10.2 Å². The summed E-state index contributed by atoms with van der Waals surface area (Å²) in [5, 5.41) is 18.1. The molecule has 1 aromatic heterocycles. The van der Waals surface area contributed by atoms with Crippen LogP contribution in [0.25, 0.3) is 0 Å². The van der Waals surface area contributed by atoms with Gasteiger partial charge in [-0.25, -0.2) is 4.39 Å². The zero-order valence-electron chi connectivity index (χ0n) is 9.48. The highest BCUT2D eigenvalue weighted by Crippen LogP contribution is 2.20. The Labute approximate surface area is 112 Å². The van der Waals surface area contributed by atoms with Crippen LogP contribution < -0.4 is 11.1 Å². The highest BCUT2D eigenvalue weighted by atomic mass is 32.1. The smallest absolute Gasteiger partial charge is 0.260 e. The van der Waals surface area contributed by atoms with Crippen LogP contribution in [0.3, 0.4) is 0 Å². The molecule has 0 radical (unpaired) electrons. The highest BCUT2D eigenvalue weighted by Gasteiger charge is 2.15. The SMILES string of the molecule is NC(=S)c1cn[nH]c1NC(=O)c1ccc(F)cc1O. The van der Waals surface area contributed by atoms with Gasteiger partial charge in [-0.1, -0.05) is 12.2 Å². The molecule has 0 aliphatic rings. The molecule has 0 fully saturated rings. The largest absolute Gasteiger partial charge is 0.507 e. The lowest BCUT2D eigenvalue weighted by atomic mass is 10.2. The van der Waals surface area contributed by atoms with Crippen LogP contribution in [-0.4, -0.2) is 26.2 Å². The van der Waals surface area contributed by atoms with Gasteiger partial charge in [0.15, 0.2) is 0 Å². The van der Waals surface area contributed by atoms with Gasteiger partial charge in [0.05, 0.1) is 17.3 Å². The van der Waals surface area contributed by atoms with Crippen LogP contribution in [0.2, 0.25) is 0 Å². The molecule has 0 atom stereocenters. The summed E-state index contributed by atoms with van der Waals surface area (Å²) in [5.41, 5.74) is 5.73. The van der Waals surface area contributed by atoms with Crippen molar-refractivity contribution < 1.29 is 14.3 Å². The van der Waals surface area contributed by atoms with Crippen molar-refractivity contribution in [1.82, 2.24) is 10.2 Å². The van der Waals surface area contributed by atoms with Crippen molar-refractivity contribution in [3.8, 4) is 5.75 Å². The van der Waals surface area contributed by atoms with Crippen molar-refractivity contribution in [2.75, 3.05) is 5.32 Å². The number of H-pyrrole nitrogens is 1. The average molecular weight is 280 g/mol. The third kappa shape index (κ3) is 2.68. The zero-order valence-corrected chi connectivity index (χ0v) is 10.3. The van der Waals surface area contributed by atoms with Crippen LogP contribution in [0.5, 0.6) is 5.75 Å². The van der Waals surface area contributed by atoms with E-state index in [1.165, 1.54) is 6.20 Å². The molecule has 19 heavy (non-hydrogen) atoms. The predicted molar refractivity (Wildman–Crippen MR) is 70.5 cm³/mol. The molecule has 1 amide bonds. The number of carbonyl (C=O) groups excluding carboxylic acids is 1. The number of halogens is 1. The van der Waals surface area contributed by atoms with Crippen LogP contribution in [-0.2, 0) is 0 Å². The van der Waals surface area contributed by atoms with E-state index in [0.717, 1.165) is 18.2 Å². The Kier molecular flexibility index (Phi) is 3.43. The van der Waals surface area contributed by atoms with Crippen molar-refractivity contribution in [2.45, 2.75) is 0 Å². The fraction of sp³-hybridized carbons (Fsp3) is 0. The highest BCUT2D eigenvalue weighted by molar-refractivity contribution is 7.80. The van der Waals surface area contributed by atoms with E-state index in [1.54, 1.807) is 0 Å².